The van der Waals surface area contributed by atoms with Gasteiger partial charge in [0.15, 0.2) is 5.82 Å². The quantitative estimate of drug-likeness (QED) is 0.914. The Labute approximate surface area is 113 Å². The summed E-state index contributed by atoms with van der Waals surface area (Å²) >= 11 is 0. The number of benzene rings is 1. The van der Waals surface area contributed by atoms with E-state index in [1.807, 2.05) is 18.2 Å². The second-order valence-corrected chi connectivity index (χ2v) is 5.14. The van der Waals surface area contributed by atoms with Gasteiger partial charge in [-0.05, 0) is 31.4 Å². The fraction of sp³-hybridized carbons (Fsp3) is 0.467. The van der Waals surface area contributed by atoms with Crippen molar-refractivity contribution in [1.29, 1.82) is 0 Å². The number of rotatable bonds is 4. The van der Waals surface area contributed by atoms with Crippen molar-refractivity contribution in [3.8, 4) is 0 Å². The molecule has 1 atom stereocenters. The Morgan fingerprint density at radius 2 is 2.16 bits per heavy atom. The lowest BCUT2D eigenvalue weighted by Gasteiger charge is -2.22. The summed E-state index contributed by atoms with van der Waals surface area (Å²) < 4.78 is 5.49. The molecule has 1 unspecified atom stereocenters. The third kappa shape index (κ3) is 2.40. The van der Waals surface area contributed by atoms with E-state index in [-0.39, 0.29) is 5.54 Å². The molecule has 100 valence electrons. The van der Waals surface area contributed by atoms with Crippen molar-refractivity contribution < 1.29 is 4.52 Å². The van der Waals surface area contributed by atoms with Crippen molar-refractivity contribution in [2.45, 2.75) is 38.1 Å². The largest absolute Gasteiger partial charge is 0.337 e. The van der Waals surface area contributed by atoms with E-state index >= 15 is 0 Å². The molecular formula is C15H19N3O. The molecule has 2 heterocycles. The van der Waals surface area contributed by atoms with Gasteiger partial charge in [-0.25, -0.2) is 0 Å². The van der Waals surface area contributed by atoms with E-state index in [4.69, 9.17) is 4.52 Å². The predicted octanol–water partition coefficient (Wildman–Crippen LogP) is 2.65. The zero-order chi connectivity index (χ0) is 13.1. The predicted molar refractivity (Wildman–Crippen MR) is 72.8 cm³/mol. The van der Waals surface area contributed by atoms with E-state index in [0.29, 0.717) is 0 Å². The normalized spacial score (nSPS) is 22.8. The molecule has 1 aromatic carbocycles. The van der Waals surface area contributed by atoms with Crippen LogP contribution in [0.1, 0.15) is 43.5 Å². The van der Waals surface area contributed by atoms with Crippen molar-refractivity contribution in [2.24, 2.45) is 0 Å². The van der Waals surface area contributed by atoms with Gasteiger partial charge in [-0.15, -0.1) is 0 Å². The Bertz CT molecular complexity index is 529. The van der Waals surface area contributed by atoms with E-state index < -0.39 is 0 Å². The molecule has 1 aliphatic heterocycles. The number of hydrogen-bond donors (Lipinski definition) is 1. The standard InChI is InChI=1S/C15H19N3O/c1-2-15(9-6-10-16-15)14-17-13(18-19-14)11-12-7-4-3-5-8-12/h3-5,7-8,16H,2,6,9-11H2,1H3. The molecule has 1 fully saturated rings. The maximum Gasteiger partial charge on any atom is 0.246 e. The summed E-state index contributed by atoms with van der Waals surface area (Å²) in [6.07, 6.45) is 3.96. The molecule has 2 aromatic rings. The molecule has 0 bridgehead atoms. The molecule has 1 aliphatic rings. The fourth-order valence-corrected chi connectivity index (χ4v) is 2.74. The van der Waals surface area contributed by atoms with Gasteiger partial charge in [-0.1, -0.05) is 42.4 Å². The Morgan fingerprint density at radius 1 is 1.32 bits per heavy atom. The van der Waals surface area contributed by atoms with Crippen LogP contribution in [0, 0.1) is 0 Å². The molecule has 1 saturated heterocycles. The first-order valence-electron chi connectivity index (χ1n) is 6.94. The molecule has 4 nitrogen and oxygen atoms in total. The lowest BCUT2D eigenvalue weighted by atomic mass is 9.94. The smallest absolute Gasteiger partial charge is 0.246 e. The van der Waals surface area contributed by atoms with Gasteiger partial charge in [0.05, 0.1) is 5.54 Å². The second-order valence-electron chi connectivity index (χ2n) is 5.14. The van der Waals surface area contributed by atoms with Gasteiger partial charge in [0.1, 0.15) is 0 Å². The number of aromatic nitrogens is 2. The average Bonchev–Trinajstić information content (AvgIpc) is 3.09. The lowest BCUT2D eigenvalue weighted by Crippen LogP contribution is -2.36. The summed E-state index contributed by atoms with van der Waals surface area (Å²) in [6, 6.07) is 10.2. The van der Waals surface area contributed by atoms with E-state index in [1.54, 1.807) is 0 Å². The van der Waals surface area contributed by atoms with Crippen LogP contribution in [-0.2, 0) is 12.0 Å². The molecule has 0 radical (unpaired) electrons. The van der Waals surface area contributed by atoms with E-state index in [0.717, 1.165) is 37.5 Å². The third-order valence-corrected chi connectivity index (χ3v) is 3.93. The molecule has 4 heteroatoms. The summed E-state index contributed by atoms with van der Waals surface area (Å²) in [5.41, 5.74) is 1.11. The summed E-state index contributed by atoms with van der Waals surface area (Å²) in [6.45, 7) is 3.20. The van der Waals surface area contributed by atoms with Gasteiger partial charge >= 0.3 is 0 Å². The molecule has 1 N–H and O–H groups in total. The maximum atomic E-state index is 5.49. The monoisotopic (exact) mass is 257 g/mol. The highest BCUT2D eigenvalue weighted by Gasteiger charge is 2.38. The van der Waals surface area contributed by atoms with Crippen molar-refractivity contribution in [3.05, 3.63) is 47.6 Å². The summed E-state index contributed by atoms with van der Waals surface area (Å²) in [5, 5.41) is 7.64. The van der Waals surface area contributed by atoms with Crippen molar-refractivity contribution in [3.63, 3.8) is 0 Å². The van der Waals surface area contributed by atoms with Gasteiger partial charge in [-0.2, -0.15) is 4.98 Å². The molecule has 0 amide bonds. The topological polar surface area (TPSA) is 51.0 Å². The van der Waals surface area contributed by atoms with E-state index in [2.05, 4.69) is 34.5 Å². The first-order chi connectivity index (χ1) is 9.32. The molecule has 19 heavy (non-hydrogen) atoms. The van der Waals surface area contributed by atoms with Crippen molar-refractivity contribution in [2.75, 3.05) is 6.54 Å². The zero-order valence-corrected chi connectivity index (χ0v) is 11.2. The molecule has 0 spiro atoms. The minimum absolute atomic E-state index is 0.0953. The van der Waals surface area contributed by atoms with Crippen molar-refractivity contribution >= 4 is 0 Å². The second kappa shape index (κ2) is 5.13. The van der Waals surface area contributed by atoms with Crippen LogP contribution in [0.25, 0.3) is 0 Å². The highest BCUT2D eigenvalue weighted by atomic mass is 16.5. The summed E-state index contributed by atoms with van der Waals surface area (Å²) in [5.74, 6) is 1.51. The zero-order valence-electron chi connectivity index (χ0n) is 11.2. The van der Waals surface area contributed by atoms with Gasteiger partial charge in [0.25, 0.3) is 0 Å². The number of nitrogens with one attached hydrogen (secondary N) is 1. The Kier molecular flexibility index (Phi) is 3.34. The fourth-order valence-electron chi connectivity index (χ4n) is 2.74. The van der Waals surface area contributed by atoms with Crippen LogP contribution < -0.4 is 5.32 Å². The molecule has 0 saturated carbocycles. The van der Waals surface area contributed by atoms with E-state index in [1.165, 1.54) is 12.0 Å². The molecule has 3 rings (SSSR count). The van der Waals surface area contributed by atoms with E-state index in [9.17, 15) is 0 Å². The Hall–Kier alpha value is -1.68. The SMILES string of the molecule is CCC1(c2nc(Cc3ccccc3)no2)CCCN1. The lowest BCUT2D eigenvalue weighted by molar-refractivity contribution is 0.249. The van der Waals surface area contributed by atoms with Crippen LogP contribution in [0.4, 0.5) is 0 Å². The van der Waals surface area contributed by atoms with Gasteiger partial charge < -0.3 is 9.84 Å². The van der Waals surface area contributed by atoms with Gasteiger partial charge in [0.2, 0.25) is 5.89 Å². The molecule has 1 aromatic heterocycles. The number of nitrogens with zero attached hydrogens (tertiary/aromatic N) is 2. The van der Waals surface area contributed by atoms with Crippen LogP contribution in [0.3, 0.4) is 0 Å². The minimum Gasteiger partial charge on any atom is -0.337 e. The number of hydrogen-bond acceptors (Lipinski definition) is 4. The minimum atomic E-state index is -0.0953. The van der Waals surface area contributed by atoms with Crippen LogP contribution in [0.5, 0.6) is 0 Å². The van der Waals surface area contributed by atoms with Crippen molar-refractivity contribution in [1.82, 2.24) is 15.5 Å². The van der Waals surface area contributed by atoms with Crippen LogP contribution in [-0.4, -0.2) is 16.7 Å². The molecular weight excluding hydrogens is 238 g/mol. The Balaban J connectivity index is 1.79. The summed E-state index contributed by atoms with van der Waals surface area (Å²) in [7, 11) is 0. The summed E-state index contributed by atoms with van der Waals surface area (Å²) in [4.78, 5) is 4.59. The van der Waals surface area contributed by atoms with Gasteiger partial charge in [0, 0.05) is 6.42 Å². The van der Waals surface area contributed by atoms with Crippen LogP contribution >= 0.6 is 0 Å². The molecule has 0 aliphatic carbocycles. The first-order valence-corrected chi connectivity index (χ1v) is 6.94. The van der Waals surface area contributed by atoms with Crippen LogP contribution in [0.2, 0.25) is 0 Å². The third-order valence-electron chi connectivity index (χ3n) is 3.93. The first kappa shape index (κ1) is 12.4. The average molecular weight is 257 g/mol. The van der Waals surface area contributed by atoms with Gasteiger partial charge in [-0.3, -0.25) is 0 Å². The maximum absolute atomic E-state index is 5.49. The van der Waals surface area contributed by atoms with Crippen LogP contribution in [0.15, 0.2) is 34.9 Å². The Morgan fingerprint density at radius 3 is 2.84 bits per heavy atom. The highest BCUT2D eigenvalue weighted by Crippen LogP contribution is 2.32. The highest BCUT2D eigenvalue weighted by molar-refractivity contribution is 5.19.